The summed E-state index contributed by atoms with van der Waals surface area (Å²) < 4.78 is 8.41. The summed E-state index contributed by atoms with van der Waals surface area (Å²) in [5.74, 6) is 0. The summed E-state index contributed by atoms with van der Waals surface area (Å²) in [6.07, 6.45) is 3.62. The minimum absolute atomic E-state index is 0.959. The minimum atomic E-state index is 0.959. The predicted molar refractivity (Wildman–Crippen MR) is 106 cm³/mol. The van der Waals surface area contributed by atoms with Gasteiger partial charge in [-0.15, -0.1) is 0 Å². The van der Waals surface area contributed by atoms with E-state index in [1.807, 2.05) is 12.1 Å². The number of fused-ring (bicyclic) bond motifs is 6. The molecule has 2 nitrogen and oxygen atoms in total. The van der Waals surface area contributed by atoms with Crippen molar-refractivity contribution in [3.05, 3.63) is 60.2 Å². The van der Waals surface area contributed by atoms with E-state index in [9.17, 15) is 0 Å². The molecule has 0 bridgehead atoms. The van der Waals surface area contributed by atoms with Crippen LogP contribution >= 0.6 is 0 Å². The Bertz CT molecular complexity index is 1240. The summed E-state index contributed by atoms with van der Waals surface area (Å²) in [5, 5.41) is 4.99. The number of hydrogen-bond donors (Lipinski definition) is 0. The van der Waals surface area contributed by atoms with E-state index < -0.39 is 0 Å². The molecule has 0 amide bonds. The van der Waals surface area contributed by atoms with Gasteiger partial charge >= 0.3 is 0 Å². The topological polar surface area (TPSA) is 18.1 Å². The number of furan rings is 1. The van der Waals surface area contributed by atoms with Crippen molar-refractivity contribution >= 4 is 43.7 Å². The van der Waals surface area contributed by atoms with E-state index in [2.05, 4.69) is 61.0 Å². The fourth-order valence-corrected chi connectivity index (χ4v) is 4.01. The molecule has 0 atom stereocenters. The first-order valence-electron chi connectivity index (χ1n) is 9.08. The molecule has 2 heteroatoms. The highest BCUT2D eigenvalue weighted by Crippen LogP contribution is 2.36. The molecule has 0 saturated heterocycles. The summed E-state index contributed by atoms with van der Waals surface area (Å²) in [4.78, 5) is 0. The maximum atomic E-state index is 6.10. The molecule has 0 spiro atoms. The standard InChI is InChI=1S/C23H21NO/c1-3-4-7-15-10-11-20-17(12-15)18-14-23-19(13-21(18)24(20)2)16-8-5-6-9-22(16)25-23/h5-6,8-14H,3-4,7H2,1-2H3. The average molecular weight is 327 g/mol. The fourth-order valence-electron chi connectivity index (χ4n) is 4.01. The normalized spacial score (nSPS) is 12.1. The monoisotopic (exact) mass is 327 g/mol. The smallest absolute Gasteiger partial charge is 0.136 e. The zero-order valence-electron chi connectivity index (χ0n) is 14.7. The molecule has 0 fully saturated rings. The van der Waals surface area contributed by atoms with Gasteiger partial charge in [-0.1, -0.05) is 37.6 Å². The Morgan fingerprint density at radius 1 is 0.800 bits per heavy atom. The van der Waals surface area contributed by atoms with Gasteiger partial charge in [-0.25, -0.2) is 0 Å². The van der Waals surface area contributed by atoms with Crippen molar-refractivity contribution in [1.82, 2.24) is 4.57 Å². The first-order valence-corrected chi connectivity index (χ1v) is 9.08. The van der Waals surface area contributed by atoms with Crippen LogP contribution in [0.2, 0.25) is 0 Å². The number of unbranched alkanes of at least 4 members (excludes halogenated alkanes) is 1. The molecular weight excluding hydrogens is 306 g/mol. The number of nitrogens with zero attached hydrogens (tertiary/aromatic N) is 1. The Morgan fingerprint density at radius 2 is 1.64 bits per heavy atom. The van der Waals surface area contributed by atoms with Crippen molar-refractivity contribution in [2.24, 2.45) is 7.05 Å². The zero-order chi connectivity index (χ0) is 17.0. The van der Waals surface area contributed by atoms with Crippen molar-refractivity contribution < 1.29 is 4.42 Å². The van der Waals surface area contributed by atoms with Gasteiger partial charge in [0.25, 0.3) is 0 Å². The van der Waals surface area contributed by atoms with Gasteiger partial charge in [0.05, 0.1) is 0 Å². The van der Waals surface area contributed by atoms with E-state index in [0.717, 1.165) is 17.6 Å². The van der Waals surface area contributed by atoms with Gasteiger partial charge in [-0.05, 0) is 48.7 Å². The molecule has 2 aromatic heterocycles. The van der Waals surface area contributed by atoms with Gasteiger partial charge < -0.3 is 8.98 Å². The van der Waals surface area contributed by atoms with Crippen LogP contribution in [0.5, 0.6) is 0 Å². The molecule has 0 radical (unpaired) electrons. The quantitative estimate of drug-likeness (QED) is 0.366. The second kappa shape index (κ2) is 5.38. The average Bonchev–Trinajstić information content (AvgIpc) is 3.14. The zero-order valence-corrected chi connectivity index (χ0v) is 14.7. The number of hydrogen-bond acceptors (Lipinski definition) is 1. The van der Waals surface area contributed by atoms with Crippen molar-refractivity contribution in [3.8, 4) is 0 Å². The van der Waals surface area contributed by atoms with Gasteiger partial charge in [0, 0.05) is 39.6 Å². The molecule has 0 aliphatic carbocycles. The lowest BCUT2D eigenvalue weighted by atomic mass is 10.0. The maximum absolute atomic E-state index is 6.10. The largest absolute Gasteiger partial charge is 0.456 e. The van der Waals surface area contributed by atoms with Gasteiger partial charge in [-0.2, -0.15) is 0 Å². The highest BCUT2D eigenvalue weighted by atomic mass is 16.3. The third-order valence-corrected chi connectivity index (χ3v) is 5.39. The van der Waals surface area contributed by atoms with Gasteiger partial charge in [0.1, 0.15) is 11.2 Å². The third kappa shape index (κ3) is 2.10. The van der Waals surface area contributed by atoms with E-state index in [4.69, 9.17) is 4.42 Å². The lowest BCUT2D eigenvalue weighted by molar-refractivity contribution is 0.669. The SMILES string of the molecule is CCCCc1ccc2c(c1)c1cc3oc4ccccc4c3cc1n2C. The minimum Gasteiger partial charge on any atom is -0.456 e. The summed E-state index contributed by atoms with van der Waals surface area (Å²) in [6, 6.07) is 19.7. The molecule has 0 unspecified atom stereocenters. The van der Waals surface area contributed by atoms with E-state index >= 15 is 0 Å². The van der Waals surface area contributed by atoms with Crippen molar-refractivity contribution in [2.75, 3.05) is 0 Å². The molecule has 5 rings (SSSR count). The van der Waals surface area contributed by atoms with Crippen LogP contribution in [0, 0.1) is 0 Å². The second-order valence-corrected chi connectivity index (χ2v) is 6.98. The Kier molecular flexibility index (Phi) is 3.14. The Balaban J connectivity index is 1.84. The van der Waals surface area contributed by atoms with Crippen molar-refractivity contribution in [2.45, 2.75) is 26.2 Å². The van der Waals surface area contributed by atoms with E-state index in [1.165, 1.54) is 51.0 Å². The summed E-state index contributed by atoms with van der Waals surface area (Å²) in [5.41, 5.74) is 5.90. The summed E-state index contributed by atoms with van der Waals surface area (Å²) in [6.45, 7) is 2.24. The van der Waals surface area contributed by atoms with Crippen molar-refractivity contribution in [1.29, 1.82) is 0 Å². The van der Waals surface area contributed by atoms with Crippen LogP contribution in [0.15, 0.2) is 59.0 Å². The number of benzene rings is 3. The van der Waals surface area contributed by atoms with Crippen LogP contribution < -0.4 is 0 Å². The second-order valence-electron chi connectivity index (χ2n) is 6.98. The van der Waals surface area contributed by atoms with Gasteiger partial charge in [0.15, 0.2) is 0 Å². The maximum Gasteiger partial charge on any atom is 0.136 e. The number of aryl methyl sites for hydroxylation is 2. The van der Waals surface area contributed by atoms with Crippen LogP contribution in [0.3, 0.4) is 0 Å². The van der Waals surface area contributed by atoms with E-state index in [0.29, 0.717) is 0 Å². The Labute approximate surface area is 146 Å². The van der Waals surface area contributed by atoms with Crippen LogP contribution in [-0.2, 0) is 13.5 Å². The lowest BCUT2D eigenvalue weighted by Crippen LogP contribution is -1.88. The predicted octanol–water partition coefficient (Wildman–Crippen LogP) is 6.57. The van der Waals surface area contributed by atoms with E-state index in [-0.39, 0.29) is 0 Å². The lowest BCUT2D eigenvalue weighted by Gasteiger charge is -2.01. The summed E-state index contributed by atoms with van der Waals surface area (Å²) >= 11 is 0. The number of aromatic nitrogens is 1. The third-order valence-electron chi connectivity index (χ3n) is 5.39. The van der Waals surface area contributed by atoms with Gasteiger partial charge in [-0.3, -0.25) is 0 Å². The Hall–Kier alpha value is -2.74. The van der Waals surface area contributed by atoms with Crippen molar-refractivity contribution in [3.63, 3.8) is 0 Å². The van der Waals surface area contributed by atoms with E-state index in [1.54, 1.807) is 0 Å². The van der Waals surface area contributed by atoms with Crippen LogP contribution in [0.4, 0.5) is 0 Å². The molecule has 25 heavy (non-hydrogen) atoms. The molecule has 2 heterocycles. The molecule has 0 saturated carbocycles. The number of para-hydroxylation sites is 1. The molecule has 0 aliphatic heterocycles. The molecule has 5 aromatic rings. The van der Waals surface area contributed by atoms with Crippen LogP contribution in [0.25, 0.3) is 43.7 Å². The first-order chi connectivity index (χ1) is 12.3. The fraction of sp³-hybridized carbons (Fsp3) is 0.217. The van der Waals surface area contributed by atoms with Crippen LogP contribution in [0.1, 0.15) is 25.3 Å². The molecular formula is C23H21NO. The number of rotatable bonds is 3. The van der Waals surface area contributed by atoms with Gasteiger partial charge in [0.2, 0.25) is 0 Å². The molecule has 3 aromatic carbocycles. The Morgan fingerprint density at radius 3 is 2.52 bits per heavy atom. The highest BCUT2D eigenvalue weighted by molar-refractivity contribution is 6.16. The van der Waals surface area contributed by atoms with Crippen LogP contribution in [-0.4, -0.2) is 4.57 Å². The highest BCUT2D eigenvalue weighted by Gasteiger charge is 2.13. The molecule has 0 aliphatic rings. The molecule has 0 N–H and O–H groups in total. The first kappa shape index (κ1) is 14.6. The molecule has 124 valence electrons. The summed E-state index contributed by atoms with van der Waals surface area (Å²) in [7, 11) is 2.16.